The molecule has 0 aliphatic heterocycles. The zero-order chi connectivity index (χ0) is 9.14. The molecule has 6 heteroatoms. The molecule has 0 N–H and O–H groups in total. The first-order valence-electron chi connectivity index (χ1n) is 2.87. The van der Waals surface area contributed by atoms with Gasteiger partial charge in [-0.2, -0.15) is 0 Å². The summed E-state index contributed by atoms with van der Waals surface area (Å²) < 4.78 is 24.8. The minimum Gasteiger partial charge on any atom is -0.273 e. The number of benzene rings is 1. The molecule has 1 aromatic rings. The first-order chi connectivity index (χ1) is 5.59. The normalized spacial score (nSPS) is 9.50. The van der Waals surface area contributed by atoms with Gasteiger partial charge in [0.2, 0.25) is 0 Å². The molecule has 0 aromatic heterocycles. The monoisotopic (exact) mass is 175 g/mol. The fourth-order valence-electron chi connectivity index (χ4n) is 0.630. The Bertz CT molecular complexity index is 316. The van der Waals surface area contributed by atoms with Gasteiger partial charge in [0.15, 0.2) is 11.6 Å². The average molecular weight is 175 g/mol. The van der Waals surface area contributed by atoms with Crippen LogP contribution in [0.5, 0.6) is 5.75 Å². The second-order valence-corrected chi connectivity index (χ2v) is 1.89. The lowest BCUT2D eigenvalue weighted by atomic mass is 10.3. The van der Waals surface area contributed by atoms with Crippen LogP contribution >= 0.6 is 0 Å². The molecule has 0 aliphatic rings. The van der Waals surface area contributed by atoms with E-state index in [9.17, 15) is 18.9 Å². The highest BCUT2D eigenvalue weighted by atomic mass is 19.1. The number of hydrogen-bond acceptors (Lipinski definition) is 3. The van der Waals surface area contributed by atoms with Crippen molar-refractivity contribution in [3.05, 3.63) is 39.9 Å². The lowest BCUT2D eigenvalue weighted by molar-refractivity contribution is -0.711. The van der Waals surface area contributed by atoms with Gasteiger partial charge in [0.1, 0.15) is 5.82 Å². The highest BCUT2D eigenvalue weighted by molar-refractivity contribution is 5.23. The zero-order valence-electron chi connectivity index (χ0n) is 5.66. The second kappa shape index (κ2) is 3.12. The van der Waals surface area contributed by atoms with Crippen LogP contribution in [0.3, 0.4) is 0 Å². The van der Waals surface area contributed by atoms with Crippen molar-refractivity contribution in [3.63, 3.8) is 0 Å². The highest BCUT2D eigenvalue weighted by Crippen LogP contribution is 2.17. The van der Waals surface area contributed by atoms with E-state index in [2.05, 4.69) is 4.84 Å². The standard InChI is InChI=1S/C6H3F2NO3/c7-4-1-2-6(5(8)3-4)12-9(10)11/h1-3H. The molecule has 0 bridgehead atoms. The number of rotatable bonds is 2. The maximum absolute atomic E-state index is 12.5. The largest absolute Gasteiger partial charge is 0.299 e. The second-order valence-electron chi connectivity index (χ2n) is 1.89. The van der Waals surface area contributed by atoms with E-state index in [0.717, 1.165) is 12.1 Å². The van der Waals surface area contributed by atoms with Crippen molar-refractivity contribution in [1.82, 2.24) is 0 Å². The van der Waals surface area contributed by atoms with Crippen molar-refractivity contribution in [2.45, 2.75) is 0 Å². The molecule has 0 saturated carbocycles. The van der Waals surface area contributed by atoms with Gasteiger partial charge < -0.3 is 0 Å². The van der Waals surface area contributed by atoms with Crippen molar-refractivity contribution in [3.8, 4) is 5.75 Å². The fourth-order valence-corrected chi connectivity index (χ4v) is 0.630. The Labute approximate surface area is 65.5 Å². The Morgan fingerprint density at radius 2 is 2.08 bits per heavy atom. The summed E-state index contributed by atoms with van der Waals surface area (Å²) in [5.74, 6) is -2.53. The van der Waals surface area contributed by atoms with Gasteiger partial charge in [-0.3, -0.25) is 4.84 Å². The molecular weight excluding hydrogens is 172 g/mol. The molecule has 0 radical (unpaired) electrons. The molecular formula is C6H3F2NO3. The third kappa shape index (κ3) is 1.88. The van der Waals surface area contributed by atoms with E-state index in [1.807, 2.05) is 0 Å². The molecule has 0 fully saturated rings. The molecule has 0 saturated heterocycles. The van der Waals surface area contributed by atoms with Crippen molar-refractivity contribution in [2.24, 2.45) is 0 Å². The third-order valence-electron chi connectivity index (χ3n) is 1.07. The van der Waals surface area contributed by atoms with E-state index in [0.29, 0.717) is 6.07 Å². The summed E-state index contributed by atoms with van der Waals surface area (Å²) >= 11 is 0. The summed E-state index contributed by atoms with van der Waals surface area (Å²) in [7, 11) is 0. The lowest BCUT2D eigenvalue weighted by Gasteiger charge is -1.98. The smallest absolute Gasteiger partial charge is 0.273 e. The molecule has 0 atom stereocenters. The predicted molar refractivity (Wildman–Crippen MR) is 34.0 cm³/mol. The van der Waals surface area contributed by atoms with E-state index in [-0.39, 0.29) is 0 Å². The molecule has 0 amide bonds. The Hall–Kier alpha value is -1.72. The first-order valence-corrected chi connectivity index (χ1v) is 2.87. The fraction of sp³-hybridized carbons (Fsp3) is 0. The van der Waals surface area contributed by atoms with Crippen LogP contribution in [0.2, 0.25) is 0 Å². The molecule has 1 aromatic carbocycles. The summed E-state index contributed by atoms with van der Waals surface area (Å²) in [6, 6.07) is 2.20. The molecule has 12 heavy (non-hydrogen) atoms. The Kier molecular flexibility index (Phi) is 2.18. The van der Waals surface area contributed by atoms with Gasteiger partial charge in [-0.05, 0) is 12.1 Å². The summed E-state index contributed by atoms with van der Waals surface area (Å²) in [5, 5.41) is 8.56. The van der Waals surface area contributed by atoms with Gasteiger partial charge in [-0.1, -0.05) is 0 Å². The van der Waals surface area contributed by atoms with Gasteiger partial charge >= 0.3 is 0 Å². The van der Waals surface area contributed by atoms with Crippen LogP contribution < -0.4 is 4.84 Å². The first kappa shape index (κ1) is 8.38. The maximum atomic E-state index is 12.5. The van der Waals surface area contributed by atoms with Crippen molar-refractivity contribution >= 4 is 0 Å². The summed E-state index contributed by atoms with van der Waals surface area (Å²) in [4.78, 5) is 13.5. The van der Waals surface area contributed by atoms with E-state index in [1.54, 1.807) is 0 Å². The van der Waals surface area contributed by atoms with Crippen molar-refractivity contribution < 1.29 is 18.7 Å². The summed E-state index contributed by atoms with van der Waals surface area (Å²) in [5.41, 5.74) is 0. The molecule has 0 unspecified atom stereocenters. The van der Waals surface area contributed by atoms with Crippen LogP contribution in [-0.4, -0.2) is 5.09 Å². The van der Waals surface area contributed by atoms with Crippen LogP contribution in [0.4, 0.5) is 8.78 Å². The summed E-state index contributed by atoms with van der Waals surface area (Å²) in [6.45, 7) is 0. The Morgan fingerprint density at radius 1 is 1.42 bits per heavy atom. The molecule has 64 valence electrons. The summed E-state index contributed by atoms with van der Waals surface area (Å²) in [6.07, 6.45) is 0. The van der Waals surface area contributed by atoms with Crippen LogP contribution in [0.25, 0.3) is 0 Å². The van der Waals surface area contributed by atoms with Crippen LogP contribution in [0, 0.1) is 21.7 Å². The van der Waals surface area contributed by atoms with Gasteiger partial charge in [-0.25, -0.2) is 8.78 Å². The van der Waals surface area contributed by atoms with Crippen LogP contribution in [0.1, 0.15) is 0 Å². The minimum atomic E-state index is -1.17. The van der Waals surface area contributed by atoms with Gasteiger partial charge in [-0.15, -0.1) is 10.1 Å². The number of hydrogen-bond donors (Lipinski definition) is 0. The molecule has 4 nitrogen and oxygen atoms in total. The molecule has 0 heterocycles. The maximum Gasteiger partial charge on any atom is 0.299 e. The van der Waals surface area contributed by atoms with Crippen molar-refractivity contribution in [1.29, 1.82) is 0 Å². The van der Waals surface area contributed by atoms with Crippen molar-refractivity contribution in [2.75, 3.05) is 0 Å². The lowest BCUT2D eigenvalue weighted by Crippen LogP contribution is -2.05. The van der Waals surface area contributed by atoms with Crippen LogP contribution in [0.15, 0.2) is 18.2 Å². The third-order valence-corrected chi connectivity index (χ3v) is 1.07. The Balaban J connectivity index is 2.93. The van der Waals surface area contributed by atoms with E-state index < -0.39 is 22.5 Å². The van der Waals surface area contributed by atoms with E-state index in [4.69, 9.17) is 0 Å². The van der Waals surface area contributed by atoms with E-state index >= 15 is 0 Å². The Morgan fingerprint density at radius 3 is 2.58 bits per heavy atom. The zero-order valence-corrected chi connectivity index (χ0v) is 5.66. The topological polar surface area (TPSA) is 52.4 Å². The quantitative estimate of drug-likeness (QED) is 0.506. The molecule has 1 rings (SSSR count). The number of nitrogens with zero attached hydrogens (tertiary/aromatic N) is 1. The van der Waals surface area contributed by atoms with E-state index in [1.165, 1.54) is 0 Å². The molecule has 0 spiro atoms. The predicted octanol–water partition coefficient (Wildman–Crippen LogP) is 1.54. The van der Waals surface area contributed by atoms with Gasteiger partial charge in [0, 0.05) is 6.07 Å². The highest BCUT2D eigenvalue weighted by Gasteiger charge is 2.06. The SMILES string of the molecule is O=[N+]([O-])Oc1ccc(F)cc1F. The molecule has 0 aliphatic carbocycles. The average Bonchev–Trinajstić information content (AvgIpc) is 1.94. The van der Waals surface area contributed by atoms with Crippen LogP contribution in [-0.2, 0) is 0 Å². The number of halogens is 2. The van der Waals surface area contributed by atoms with Gasteiger partial charge in [0.05, 0.1) is 0 Å². The minimum absolute atomic E-state index is 0.499. The van der Waals surface area contributed by atoms with Gasteiger partial charge in [0.25, 0.3) is 5.09 Å².